The van der Waals surface area contributed by atoms with E-state index in [0.717, 1.165) is 10.9 Å². The smallest absolute Gasteiger partial charge is 0.313 e. The number of amides is 1. The fourth-order valence-corrected chi connectivity index (χ4v) is 3.43. The van der Waals surface area contributed by atoms with Gasteiger partial charge in [0.15, 0.2) is 0 Å². The van der Waals surface area contributed by atoms with Crippen molar-refractivity contribution >= 4 is 22.8 Å². The van der Waals surface area contributed by atoms with Crippen LogP contribution in [0, 0.1) is 12.3 Å². The number of pyridine rings is 1. The molecule has 0 aliphatic carbocycles. The van der Waals surface area contributed by atoms with Gasteiger partial charge in [0.1, 0.15) is 11.2 Å². The van der Waals surface area contributed by atoms with Gasteiger partial charge in [-0.3, -0.25) is 14.6 Å². The van der Waals surface area contributed by atoms with Crippen molar-refractivity contribution in [3.63, 3.8) is 0 Å². The number of fused-ring (bicyclic) bond motifs is 1. The molecule has 1 N–H and O–H groups in total. The largest absolute Gasteiger partial charge is 0.497 e. The molecule has 1 aromatic heterocycles. The lowest BCUT2D eigenvalue weighted by molar-refractivity contribution is -0.151. The Morgan fingerprint density at radius 3 is 2.73 bits per heavy atom. The van der Waals surface area contributed by atoms with Crippen molar-refractivity contribution in [1.29, 1.82) is 0 Å². The highest BCUT2D eigenvalue weighted by Crippen LogP contribution is 2.33. The Hall–Kier alpha value is -2.67. The third-order valence-corrected chi connectivity index (χ3v) is 4.96. The zero-order chi connectivity index (χ0) is 18.9. The van der Waals surface area contributed by atoms with Crippen molar-refractivity contribution in [2.75, 3.05) is 33.9 Å². The Morgan fingerprint density at radius 1 is 1.31 bits per heavy atom. The standard InChI is InChI=1S/C19H22N2O5/c1-12-15(8-13-4-5-14(26-3)9-16(13)20-12)17(22)21-7-6-19(10-21,11-25-2)18(23)24/h4-5,8-9H,6-7,10-11H2,1-3H3,(H,23,24). The lowest BCUT2D eigenvalue weighted by Crippen LogP contribution is -2.40. The van der Waals surface area contributed by atoms with Gasteiger partial charge in [0.05, 0.1) is 30.5 Å². The first-order chi connectivity index (χ1) is 12.4. The van der Waals surface area contributed by atoms with Crippen LogP contribution in [0.2, 0.25) is 0 Å². The summed E-state index contributed by atoms with van der Waals surface area (Å²) in [5.41, 5.74) is 0.798. The van der Waals surface area contributed by atoms with E-state index in [1.165, 1.54) is 7.11 Å². The molecule has 1 unspecified atom stereocenters. The second-order valence-corrected chi connectivity index (χ2v) is 6.68. The summed E-state index contributed by atoms with van der Waals surface area (Å²) in [4.78, 5) is 30.7. The number of nitrogens with zero attached hydrogens (tertiary/aromatic N) is 2. The second-order valence-electron chi connectivity index (χ2n) is 6.68. The Morgan fingerprint density at radius 2 is 2.08 bits per heavy atom. The molecule has 138 valence electrons. The van der Waals surface area contributed by atoms with E-state index >= 15 is 0 Å². The molecule has 1 amide bonds. The van der Waals surface area contributed by atoms with Gasteiger partial charge in [0.2, 0.25) is 0 Å². The van der Waals surface area contributed by atoms with Crippen molar-refractivity contribution in [2.45, 2.75) is 13.3 Å². The van der Waals surface area contributed by atoms with Gasteiger partial charge in [-0.05, 0) is 31.5 Å². The van der Waals surface area contributed by atoms with E-state index < -0.39 is 11.4 Å². The normalized spacial score (nSPS) is 19.7. The third kappa shape index (κ3) is 3.10. The predicted octanol–water partition coefficient (Wildman–Crippen LogP) is 2.12. The van der Waals surface area contributed by atoms with E-state index in [9.17, 15) is 14.7 Å². The number of carbonyl (C=O) groups is 2. The number of hydrogen-bond donors (Lipinski definition) is 1. The Labute approximate surface area is 151 Å². The van der Waals surface area contributed by atoms with Gasteiger partial charge in [0.25, 0.3) is 5.91 Å². The maximum atomic E-state index is 13.0. The Kier molecular flexibility index (Phi) is 4.82. The summed E-state index contributed by atoms with van der Waals surface area (Å²) in [6, 6.07) is 7.29. The SMILES string of the molecule is COCC1(C(=O)O)CCN(C(=O)c2cc3ccc(OC)cc3nc2C)C1. The molecule has 1 saturated heterocycles. The topological polar surface area (TPSA) is 89.0 Å². The van der Waals surface area contributed by atoms with E-state index in [2.05, 4.69) is 4.98 Å². The highest BCUT2D eigenvalue weighted by molar-refractivity contribution is 5.99. The molecule has 26 heavy (non-hydrogen) atoms. The maximum Gasteiger partial charge on any atom is 0.313 e. The number of aliphatic carboxylic acids is 1. The average molecular weight is 358 g/mol. The minimum atomic E-state index is -1.05. The Bertz CT molecular complexity index is 866. The van der Waals surface area contributed by atoms with Crippen LogP contribution in [-0.4, -0.2) is 60.8 Å². The first kappa shape index (κ1) is 18.1. The third-order valence-electron chi connectivity index (χ3n) is 4.96. The van der Waals surface area contributed by atoms with Crippen molar-refractivity contribution in [2.24, 2.45) is 5.41 Å². The van der Waals surface area contributed by atoms with Gasteiger partial charge in [-0.25, -0.2) is 0 Å². The number of likely N-dealkylation sites (tertiary alicyclic amines) is 1. The number of carboxylic acids is 1. The lowest BCUT2D eigenvalue weighted by Gasteiger charge is -2.24. The molecule has 2 aromatic rings. The summed E-state index contributed by atoms with van der Waals surface area (Å²) in [6.45, 7) is 2.38. The number of carbonyl (C=O) groups excluding carboxylic acids is 1. The Balaban J connectivity index is 1.90. The van der Waals surface area contributed by atoms with Crippen molar-refractivity contribution in [1.82, 2.24) is 9.88 Å². The fraction of sp³-hybridized carbons (Fsp3) is 0.421. The monoisotopic (exact) mass is 358 g/mol. The molecule has 0 spiro atoms. The van der Waals surface area contributed by atoms with Crippen LogP contribution in [0.1, 0.15) is 22.5 Å². The van der Waals surface area contributed by atoms with E-state index in [1.54, 1.807) is 25.0 Å². The highest BCUT2D eigenvalue weighted by Gasteiger charge is 2.46. The molecule has 1 aliphatic rings. The number of rotatable bonds is 5. The molecule has 3 rings (SSSR count). The number of hydrogen-bond acceptors (Lipinski definition) is 5. The summed E-state index contributed by atoms with van der Waals surface area (Å²) < 4.78 is 10.3. The number of aryl methyl sites for hydroxylation is 1. The van der Waals surface area contributed by atoms with E-state index in [4.69, 9.17) is 9.47 Å². The quantitative estimate of drug-likeness (QED) is 0.881. The summed E-state index contributed by atoms with van der Waals surface area (Å²) in [7, 11) is 3.06. The predicted molar refractivity (Wildman–Crippen MR) is 95.5 cm³/mol. The highest BCUT2D eigenvalue weighted by atomic mass is 16.5. The molecule has 0 bridgehead atoms. The first-order valence-corrected chi connectivity index (χ1v) is 8.37. The number of carboxylic acid groups (broad SMARTS) is 1. The van der Waals surface area contributed by atoms with Gasteiger partial charge in [-0.2, -0.15) is 0 Å². The maximum absolute atomic E-state index is 13.0. The van der Waals surface area contributed by atoms with Gasteiger partial charge in [0, 0.05) is 31.7 Å². The van der Waals surface area contributed by atoms with Gasteiger partial charge in [-0.15, -0.1) is 0 Å². The van der Waals surface area contributed by atoms with Crippen LogP contribution < -0.4 is 4.74 Å². The summed E-state index contributed by atoms with van der Waals surface area (Å²) in [5, 5.41) is 10.4. The summed E-state index contributed by atoms with van der Waals surface area (Å²) in [6.07, 6.45) is 0.374. The molecule has 0 saturated carbocycles. The van der Waals surface area contributed by atoms with Crippen molar-refractivity contribution in [3.05, 3.63) is 35.5 Å². The van der Waals surface area contributed by atoms with Crippen molar-refractivity contribution in [3.8, 4) is 5.75 Å². The molecule has 2 heterocycles. The van der Waals surface area contributed by atoms with Crippen LogP contribution in [0.3, 0.4) is 0 Å². The molecular formula is C19H22N2O5. The fourth-order valence-electron chi connectivity index (χ4n) is 3.43. The summed E-state index contributed by atoms with van der Waals surface area (Å²) >= 11 is 0. The number of methoxy groups -OCH3 is 2. The number of ether oxygens (including phenoxy) is 2. The average Bonchev–Trinajstić information content (AvgIpc) is 3.06. The molecule has 0 radical (unpaired) electrons. The second kappa shape index (κ2) is 6.92. The molecule has 7 heteroatoms. The van der Waals surface area contributed by atoms with Crippen LogP contribution >= 0.6 is 0 Å². The van der Waals surface area contributed by atoms with Gasteiger partial charge in [-0.1, -0.05) is 0 Å². The summed E-state index contributed by atoms with van der Waals surface area (Å²) in [5.74, 6) is -0.434. The van der Waals surface area contributed by atoms with Crippen LogP contribution in [0.15, 0.2) is 24.3 Å². The first-order valence-electron chi connectivity index (χ1n) is 8.37. The van der Waals surface area contributed by atoms with Crippen molar-refractivity contribution < 1.29 is 24.2 Å². The van der Waals surface area contributed by atoms with Gasteiger partial charge < -0.3 is 19.5 Å². The molecule has 1 aromatic carbocycles. The van der Waals surface area contributed by atoms with Crippen LogP contribution in [0.5, 0.6) is 5.75 Å². The molecule has 1 atom stereocenters. The number of benzene rings is 1. The molecular weight excluding hydrogens is 336 g/mol. The van der Waals surface area contributed by atoms with E-state index in [0.29, 0.717) is 30.0 Å². The molecule has 1 aliphatic heterocycles. The minimum absolute atomic E-state index is 0.0842. The number of aromatic nitrogens is 1. The zero-order valence-corrected chi connectivity index (χ0v) is 15.1. The lowest BCUT2D eigenvalue weighted by atomic mass is 9.88. The van der Waals surface area contributed by atoms with Crippen LogP contribution in [0.25, 0.3) is 10.9 Å². The minimum Gasteiger partial charge on any atom is -0.497 e. The molecule has 1 fully saturated rings. The molecule has 7 nitrogen and oxygen atoms in total. The van der Waals surface area contributed by atoms with Gasteiger partial charge >= 0.3 is 5.97 Å². The van der Waals surface area contributed by atoms with Crippen LogP contribution in [0.4, 0.5) is 0 Å². The zero-order valence-electron chi connectivity index (χ0n) is 15.1. The van der Waals surface area contributed by atoms with E-state index in [1.807, 2.05) is 18.2 Å². The van der Waals surface area contributed by atoms with E-state index in [-0.39, 0.29) is 19.1 Å². The van der Waals surface area contributed by atoms with Crippen LogP contribution in [-0.2, 0) is 9.53 Å².